The first-order valence-corrected chi connectivity index (χ1v) is 11.1. The number of aromatic nitrogens is 3. The van der Waals surface area contributed by atoms with Crippen LogP contribution in [0.25, 0.3) is 11.2 Å². The first kappa shape index (κ1) is 21.1. The van der Waals surface area contributed by atoms with E-state index >= 15 is 0 Å². The average molecular weight is 448 g/mol. The Labute approximate surface area is 182 Å². The predicted octanol–water partition coefficient (Wildman–Crippen LogP) is 2.72. The van der Waals surface area contributed by atoms with Crippen molar-refractivity contribution in [3.8, 4) is 5.88 Å². The van der Waals surface area contributed by atoms with E-state index in [1.54, 1.807) is 6.20 Å². The molecule has 3 heterocycles. The first-order chi connectivity index (χ1) is 15.3. The monoisotopic (exact) mass is 448 g/mol. The van der Waals surface area contributed by atoms with Crippen LogP contribution in [0.2, 0.25) is 0 Å². The van der Waals surface area contributed by atoms with Gasteiger partial charge < -0.3 is 15.2 Å². The van der Waals surface area contributed by atoms with Crippen molar-refractivity contribution >= 4 is 17.1 Å². The lowest BCUT2D eigenvalue weighted by atomic mass is 9.86. The van der Waals surface area contributed by atoms with E-state index in [4.69, 9.17) is 4.74 Å². The molecule has 0 radical (unpaired) electrons. The molecule has 0 atom stereocenters. The maximum atomic E-state index is 13.7. The van der Waals surface area contributed by atoms with Gasteiger partial charge in [-0.15, -0.1) is 0 Å². The van der Waals surface area contributed by atoms with Crippen molar-refractivity contribution in [2.24, 2.45) is 5.92 Å². The molecule has 1 aliphatic heterocycles. The highest BCUT2D eigenvalue weighted by molar-refractivity contribution is 5.97. The van der Waals surface area contributed by atoms with Crippen LogP contribution in [-0.4, -0.2) is 50.4 Å². The number of carbonyl (C=O) groups excluding carboxylic acids is 1. The average Bonchev–Trinajstić information content (AvgIpc) is 3.47. The molecule has 5 rings (SSSR count). The van der Waals surface area contributed by atoms with Gasteiger partial charge >= 0.3 is 0 Å². The lowest BCUT2D eigenvalue weighted by Gasteiger charge is -2.29. The van der Waals surface area contributed by atoms with E-state index in [0.717, 1.165) is 18.4 Å². The van der Waals surface area contributed by atoms with E-state index in [9.17, 15) is 23.5 Å². The van der Waals surface area contributed by atoms with Crippen LogP contribution in [0, 0.1) is 5.92 Å². The van der Waals surface area contributed by atoms with Gasteiger partial charge in [0.1, 0.15) is 5.65 Å². The number of alkyl halides is 2. The van der Waals surface area contributed by atoms with Crippen molar-refractivity contribution in [2.45, 2.75) is 63.5 Å². The molecule has 2 N–H and O–H groups in total. The molecule has 0 saturated heterocycles. The molecule has 1 amide bonds. The van der Waals surface area contributed by atoms with Crippen LogP contribution in [0.1, 0.15) is 60.9 Å². The number of nitrogens with zero attached hydrogens (tertiary/aromatic N) is 3. The molecule has 2 aliphatic carbocycles. The number of fused-ring (bicyclic) bond motifs is 1. The van der Waals surface area contributed by atoms with Crippen LogP contribution in [0.3, 0.4) is 0 Å². The number of hydrogen-bond donors (Lipinski definition) is 2. The van der Waals surface area contributed by atoms with Crippen molar-refractivity contribution in [2.75, 3.05) is 13.2 Å². The minimum Gasteiger partial charge on any atom is -0.492 e. The second-order valence-electron chi connectivity index (χ2n) is 9.01. The van der Waals surface area contributed by atoms with Crippen LogP contribution in [0.15, 0.2) is 17.1 Å². The zero-order chi connectivity index (χ0) is 22.5. The van der Waals surface area contributed by atoms with Crippen LogP contribution >= 0.6 is 0 Å². The number of ether oxygens (including phenoxy) is 1. The van der Waals surface area contributed by atoms with Crippen molar-refractivity contribution in [1.82, 2.24) is 19.5 Å². The van der Waals surface area contributed by atoms with Crippen LogP contribution < -0.4 is 10.9 Å². The van der Waals surface area contributed by atoms with E-state index in [0.29, 0.717) is 30.8 Å². The number of aromatic hydroxyl groups is 1. The quantitative estimate of drug-likeness (QED) is 0.733. The molecule has 32 heavy (non-hydrogen) atoms. The fraction of sp³-hybridized carbons (Fsp3) is 0.591. The normalized spacial score (nSPS) is 21.5. The molecule has 2 aromatic heterocycles. The van der Waals surface area contributed by atoms with Crippen molar-refractivity contribution in [3.63, 3.8) is 0 Å². The maximum absolute atomic E-state index is 13.7. The Hall–Kier alpha value is -2.75. The lowest BCUT2D eigenvalue weighted by molar-refractivity contribution is -0.0473. The summed E-state index contributed by atoms with van der Waals surface area (Å²) in [6.45, 7) is 1.15. The van der Waals surface area contributed by atoms with Crippen molar-refractivity contribution in [3.05, 3.63) is 33.8 Å². The van der Waals surface area contributed by atoms with Crippen molar-refractivity contribution in [1.29, 1.82) is 0 Å². The van der Waals surface area contributed by atoms with E-state index in [2.05, 4.69) is 10.4 Å². The Morgan fingerprint density at radius 1 is 1.28 bits per heavy atom. The molecule has 2 aromatic rings. The number of amides is 1. The van der Waals surface area contributed by atoms with Gasteiger partial charge in [-0.05, 0) is 43.6 Å². The summed E-state index contributed by atoms with van der Waals surface area (Å²) in [6, 6.07) is 0.00611. The number of halogens is 2. The zero-order valence-electron chi connectivity index (χ0n) is 17.6. The van der Waals surface area contributed by atoms with E-state index < -0.39 is 23.3 Å². The molecular weight excluding hydrogens is 422 g/mol. The fourth-order valence-electron chi connectivity index (χ4n) is 4.58. The van der Waals surface area contributed by atoms with Gasteiger partial charge in [-0.3, -0.25) is 14.2 Å². The standard InChI is InChI=1S/C22H26F2N4O4/c23-22(24)7-3-13(4-8-22)12-27-19-16(14-5-9-32-10-6-14)11-25-28(19)21(31)17(20(27)30)18(29)26-15-1-2-15/h5,11,13,15,31H,1-4,6-10,12H2,(H,26,29). The summed E-state index contributed by atoms with van der Waals surface area (Å²) in [5, 5.41) is 17.8. The van der Waals surface area contributed by atoms with E-state index in [1.807, 2.05) is 6.08 Å². The molecule has 2 saturated carbocycles. The Balaban J connectivity index is 1.62. The second kappa shape index (κ2) is 7.99. The third kappa shape index (κ3) is 3.92. The van der Waals surface area contributed by atoms with Gasteiger partial charge in [0.25, 0.3) is 11.5 Å². The highest BCUT2D eigenvalue weighted by atomic mass is 19.3. The largest absolute Gasteiger partial charge is 0.492 e. The predicted molar refractivity (Wildman–Crippen MR) is 112 cm³/mol. The Morgan fingerprint density at radius 2 is 2.03 bits per heavy atom. The SMILES string of the molecule is O=C(NC1CC1)c1c(O)n2ncc(C3=CCOCC3)c2n(CC2CCC(F)(F)CC2)c1=O. The molecule has 172 valence electrons. The zero-order valence-corrected chi connectivity index (χ0v) is 17.6. The molecule has 0 spiro atoms. The summed E-state index contributed by atoms with van der Waals surface area (Å²) in [4.78, 5) is 26.3. The van der Waals surface area contributed by atoms with Gasteiger partial charge in [0.2, 0.25) is 11.8 Å². The topological polar surface area (TPSA) is 97.9 Å². The van der Waals surface area contributed by atoms with Crippen LogP contribution in [0.4, 0.5) is 8.78 Å². The first-order valence-electron chi connectivity index (χ1n) is 11.1. The number of carbonyl (C=O) groups is 1. The molecule has 3 aliphatic rings. The minimum absolute atomic E-state index is 0.00611. The van der Waals surface area contributed by atoms with Gasteiger partial charge in [0.05, 0.1) is 19.4 Å². The number of hydrogen-bond acceptors (Lipinski definition) is 5. The minimum atomic E-state index is -2.67. The van der Waals surface area contributed by atoms with Gasteiger partial charge in [-0.1, -0.05) is 6.08 Å². The van der Waals surface area contributed by atoms with Crippen molar-refractivity contribution < 1.29 is 23.4 Å². The van der Waals surface area contributed by atoms with E-state index in [1.165, 1.54) is 9.08 Å². The third-order valence-electron chi connectivity index (χ3n) is 6.61. The molecule has 0 bridgehead atoms. The summed E-state index contributed by atoms with van der Waals surface area (Å²) >= 11 is 0. The molecule has 0 aromatic carbocycles. The van der Waals surface area contributed by atoms with Gasteiger partial charge in [-0.2, -0.15) is 9.61 Å². The summed E-state index contributed by atoms with van der Waals surface area (Å²) in [6.07, 6.45) is 5.90. The summed E-state index contributed by atoms with van der Waals surface area (Å²) in [7, 11) is 0. The molecule has 0 unspecified atom stereocenters. The van der Waals surface area contributed by atoms with Crippen LogP contribution in [-0.2, 0) is 11.3 Å². The second-order valence-corrected chi connectivity index (χ2v) is 9.01. The lowest BCUT2D eigenvalue weighted by Crippen LogP contribution is -2.37. The number of rotatable bonds is 5. The maximum Gasteiger partial charge on any atom is 0.270 e. The molecule has 10 heteroatoms. The number of nitrogens with one attached hydrogen (secondary N) is 1. The fourth-order valence-corrected chi connectivity index (χ4v) is 4.58. The Bertz CT molecular complexity index is 1140. The van der Waals surface area contributed by atoms with Gasteiger partial charge in [-0.25, -0.2) is 8.78 Å². The van der Waals surface area contributed by atoms with Gasteiger partial charge in [0, 0.05) is 31.0 Å². The smallest absolute Gasteiger partial charge is 0.270 e. The summed E-state index contributed by atoms with van der Waals surface area (Å²) in [5.41, 5.74) is 1.00. The highest BCUT2D eigenvalue weighted by Crippen LogP contribution is 2.37. The molecule has 2 fully saturated rings. The Morgan fingerprint density at radius 3 is 2.69 bits per heavy atom. The molecule has 8 nitrogen and oxygen atoms in total. The van der Waals surface area contributed by atoms with Crippen LogP contribution in [0.5, 0.6) is 5.88 Å². The summed E-state index contributed by atoms with van der Waals surface area (Å²) in [5.74, 6) is -3.95. The summed E-state index contributed by atoms with van der Waals surface area (Å²) < 4.78 is 35.4. The van der Waals surface area contributed by atoms with E-state index in [-0.39, 0.29) is 49.8 Å². The molecular formula is C22H26F2N4O4. The Kier molecular flexibility index (Phi) is 5.27. The van der Waals surface area contributed by atoms with Gasteiger partial charge in [0.15, 0.2) is 5.56 Å². The third-order valence-corrected chi connectivity index (χ3v) is 6.61. The highest BCUT2D eigenvalue weighted by Gasteiger charge is 2.36.